The van der Waals surface area contributed by atoms with Crippen LogP contribution in [0, 0.1) is 6.92 Å². The lowest BCUT2D eigenvalue weighted by Gasteiger charge is -2.25. The number of carbonyl (C=O) groups is 2. The highest BCUT2D eigenvalue weighted by molar-refractivity contribution is 5.85. The van der Waals surface area contributed by atoms with Crippen molar-refractivity contribution in [1.29, 1.82) is 0 Å². The Morgan fingerprint density at radius 2 is 1.96 bits per heavy atom. The van der Waals surface area contributed by atoms with E-state index in [1.54, 1.807) is 11.0 Å². The van der Waals surface area contributed by atoms with E-state index in [4.69, 9.17) is 4.42 Å². The number of nitrogens with zero attached hydrogens (tertiary/aromatic N) is 1. The highest BCUT2D eigenvalue weighted by atomic mass is 16.4. The summed E-state index contributed by atoms with van der Waals surface area (Å²) in [6.07, 6.45) is 0.591. The lowest BCUT2D eigenvalue weighted by molar-refractivity contribution is -0.143. The van der Waals surface area contributed by atoms with Crippen LogP contribution >= 0.6 is 0 Å². The van der Waals surface area contributed by atoms with Crippen LogP contribution in [0.4, 0.5) is 0 Å². The summed E-state index contributed by atoms with van der Waals surface area (Å²) in [6, 6.07) is 12.8. The van der Waals surface area contributed by atoms with Crippen molar-refractivity contribution < 1.29 is 19.1 Å². The molecule has 1 N–H and O–H groups in total. The maximum absolute atomic E-state index is 12.4. The lowest BCUT2D eigenvalue weighted by atomic mass is 9.80. The van der Waals surface area contributed by atoms with E-state index >= 15 is 0 Å². The number of aliphatic carboxylic acids is 1. The molecule has 0 spiro atoms. The minimum absolute atomic E-state index is 0.0987. The molecule has 120 valence electrons. The first-order valence-electron chi connectivity index (χ1n) is 7.63. The molecule has 0 aliphatic carbocycles. The summed E-state index contributed by atoms with van der Waals surface area (Å²) in [6.45, 7) is 2.47. The molecule has 1 aliphatic heterocycles. The number of furan rings is 1. The fraction of sp³-hybridized carbons (Fsp3) is 0.333. The van der Waals surface area contributed by atoms with Gasteiger partial charge in [0.2, 0.25) is 5.91 Å². The molecular formula is C18H19NO4. The normalized spacial score (nSPS) is 20.7. The van der Waals surface area contributed by atoms with Crippen LogP contribution in [0.5, 0.6) is 0 Å². The van der Waals surface area contributed by atoms with Gasteiger partial charge in [0.1, 0.15) is 16.9 Å². The average molecular weight is 313 g/mol. The highest BCUT2D eigenvalue weighted by Crippen LogP contribution is 2.35. The number of carbonyl (C=O) groups excluding carboxylic acids is 1. The minimum atomic E-state index is -1.02. The Kier molecular flexibility index (Phi) is 3.94. The second-order valence-electron chi connectivity index (χ2n) is 6.01. The Hall–Kier alpha value is -2.56. The van der Waals surface area contributed by atoms with Gasteiger partial charge >= 0.3 is 5.97 Å². The first-order chi connectivity index (χ1) is 11.0. The summed E-state index contributed by atoms with van der Waals surface area (Å²) in [4.78, 5) is 26.0. The van der Waals surface area contributed by atoms with Gasteiger partial charge in [0, 0.05) is 13.1 Å². The van der Waals surface area contributed by atoms with E-state index in [0.29, 0.717) is 18.7 Å². The van der Waals surface area contributed by atoms with Crippen molar-refractivity contribution in [2.24, 2.45) is 0 Å². The van der Waals surface area contributed by atoms with Crippen molar-refractivity contribution in [3.05, 3.63) is 59.5 Å². The molecule has 1 amide bonds. The van der Waals surface area contributed by atoms with Crippen molar-refractivity contribution in [3.8, 4) is 0 Å². The fourth-order valence-corrected chi connectivity index (χ4v) is 3.15. The monoisotopic (exact) mass is 313 g/mol. The fourth-order valence-electron chi connectivity index (χ4n) is 3.15. The molecule has 3 rings (SSSR count). The summed E-state index contributed by atoms with van der Waals surface area (Å²) in [5, 5.41) is 9.75. The number of benzene rings is 1. The van der Waals surface area contributed by atoms with Gasteiger partial charge in [-0.1, -0.05) is 30.3 Å². The van der Waals surface area contributed by atoms with Crippen LogP contribution in [0.2, 0.25) is 0 Å². The highest BCUT2D eigenvalue weighted by Gasteiger charge is 2.47. The predicted octanol–water partition coefficient (Wildman–Crippen LogP) is 2.39. The number of carboxylic acid groups (broad SMARTS) is 1. The molecule has 23 heavy (non-hydrogen) atoms. The molecule has 2 aromatic rings. The third-order valence-electron chi connectivity index (χ3n) is 4.48. The second-order valence-corrected chi connectivity index (χ2v) is 6.01. The smallest absolute Gasteiger partial charge is 0.316 e. The topological polar surface area (TPSA) is 70.8 Å². The quantitative estimate of drug-likeness (QED) is 0.941. The predicted molar refractivity (Wildman–Crippen MR) is 84.1 cm³/mol. The van der Waals surface area contributed by atoms with Gasteiger partial charge < -0.3 is 14.4 Å². The van der Waals surface area contributed by atoms with Crippen LogP contribution in [0.25, 0.3) is 0 Å². The van der Waals surface area contributed by atoms with E-state index in [2.05, 4.69) is 0 Å². The first kappa shape index (κ1) is 15.3. The minimum Gasteiger partial charge on any atom is -0.481 e. The molecule has 1 aromatic heterocycles. The Labute approximate surface area is 134 Å². The van der Waals surface area contributed by atoms with Crippen LogP contribution in [0.1, 0.15) is 23.5 Å². The molecule has 1 fully saturated rings. The molecule has 5 nitrogen and oxygen atoms in total. The van der Waals surface area contributed by atoms with E-state index in [9.17, 15) is 14.7 Å². The van der Waals surface area contributed by atoms with Gasteiger partial charge in [0.15, 0.2) is 0 Å². The summed E-state index contributed by atoms with van der Waals surface area (Å²) in [5.74, 6) is 0.393. The summed E-state index contributed by atoms with van der Waals surface area (Å²) in [7, 11) is 0. The van der Waals surface area contributed by atoms with Gasteiger partial charge in [-0.05, 0) is 31.0 Å². The molecule has 1 aliphatic rings. The van der Waals surface area contributed by atoms with Crippen molar-refractivity contribution in [1.82, 2.24) is 4.90 Å². The maximum Gasteiger partial charge on any atom is 0.316 e. The molecule has 0 radical (unpaired) electrons. The average Bonchev–Trinajstić information content (AvgIpc) is 3.15. The molecule has 0 bridgehead atoms. The molecule has 2 heterocycles. The van der Waals surface area contributed by atoms with E-state index in [1.165, 1.54) is 0 Å². The zero-order valence-electron chi connectivity index (χ0n) is 13.0. The summed E-state index contributed by atoms with van der Waals surface area (Å²) < 4.78 is 5.43. The van der Waals surface area contributed by atoms with Crippen molar-refractivity contribution >= 4 is 11.9 Å². The Morgan fingerprint density at radius 1 is 1.22 bits per heavy atom. The summed E-state index contributed by atoms with van der Waals surface area (Å²) >= 11 is 0. The summed E-state index contributed by atoms with van der Waals surface area (Å²) in [5.41, 5.74) is -0.271. The van der Waals surface area contributed by atoms with E-state index in [0.717, 1.165) is 11.3 Å². The number of hydrogen-bond acceptors (Lipinski definition) is 3. The number of carboxylic acids is 1. The number of likely N-dealkylation sites (tertiary alicyclic amines) is 1. The van der Waals surface area contributed by atoms with Gasteiger partial charge in [-0.2, -0.15) is 0 Å². The zero-order chi connectivity index (χ0) is 16.4. The van der Waals surface area contributed by atoms with E-state index in [1.807, 2.05) is 43.3 Å². The van der Waals surface area contributed by atoms with Crippen molar-refractivity contribution in [3.63, 3.8) is 0 Å². The van der Waals surface area contributed by atoms with Gasteiger partial charge in [-0.15, -0.1) is 0 Å². The Bertz CT molecular complexity index is 722. The molecular weight excluding hydrogens is 294 g/mol. The SMILES string of the molecule is Cc1ccc(CC(=O)N2CCC(C(=O)O)(c3ccccc3)C2)o1. The number of rotatable bonds is 4. The third kappa shape index (κ3) is 2.86. The zero-order valence-corrected chi connectivity index (χ0v) is 13.0. The maximum atomic E-state index is 12.4. The largest absolute Gasteiger partial charge is 0.481 e. The van der Waals surface area contributed by atoms with Crippen molar-refractivity contribution in [2.45, 2.75) is 25.2 Å². The van der Waals surface area contributed by atoms with Crippen LogP contribution in [-0.2, 0) is 21.4 Å². The van der Waals surface area contributed by atoms with Gasteiger partial charge in [-0.25, -0.2) is 0 Å². The standard InChI is InChI=1S/C18H19NO4/c1-13-7-8-15(23-13)11-16(20)19-10-9-18(12-19,17(21)22)14-5-3-2-4-6-14/h2-8H,9-12H2,1H3,(H,21,22). The third-order valence-corrected chi connectivity index (χ3v) is 4.48. The Balaban J connectivity index is 1.77. The van der Waals surface area contributed by atoms with Crippen LogP contribution in [0.15, 0.2) is 46.9 Å². The Morgan fingerprint density at radius 3 is 2.57 bits per heavy atom. The number of hydrogen-bond donors (Lipinski definition) is 1. The molecule has 5 heteroatoms. The molecule has 1 saturated heterocycles. The number of aryl methyl sites for hydroxylation is 1. The molecule has 1 atom stereocenters. The molecule has 0 saturated carbocycles. The van der Waals surface area contributed by atoms with Crippen LogP contribution in [0.3, 0.4) is 0 Å². The van der Waals surface area contributed by atoms with Gasteiger partial charge in [-0.3, -0.25) is 9.59 Å². The second kappa shape index (κ2) is 5.91. The van der Waals surface area contributed by atoms with Crippen molar-refractivity contribution in [2.75, 3.05) is 13.1 Å². The number of amides is 1. The lowest BCUT2D eigenvalue weighted by Crippen LogP contribution is -2.40. The molecule has 1 aromatic carbocycles. The van der Waals surface area contributed by atoms with Gasteiger partial charge in [0.05, 0.1) is 6.42 Å². The van der Waals surface area contributed by atoms with Crippen LogP contribution in [-0.4, -0.2) is 35.0 Å². The van der Waals surface area contributed by atoms with Gasteiger partial charge in [0.25, 0.3) is 0 Å². The molecule has 1 unspecified atom stereocenters. The first-order valence-corrected chi connectivity index (χ1v) is 7.63. The van der Waals surface area contributed by atoms with E-state index in [-0.39, 0.29) is 18.9 Å². The van der Waals surface area contributed by atoms with Crippen LogP contribution < -0.4 is 0 Å². The van der Waals surface area contributed by atoms with E-state index < -0.39 is 11.4 Å².